The van der Waals surface area contributed by atoms with Crippen LogP contribution in [0, 0.1) is 21.3 Å². The number of nitro groups is 1. The summed E-state index contributed by atoms with van der Waals surface area (Å²) in [6.07, 6.45) is 4.83. The fourth-order valence-electron chi connectivity index (χ4n) is 2.62. The Morgan fingerprint density at radius 2 is 2.29 bits per heavy atom. The number of pyridine rings is 1. The first-order valence-electron chi connectivity index (χ1n) is 7.02. The van der Waals surface area contributed by atoms with Gasteiger partial charge in [0, 0.05) is 12.7 Å². The monoisotopic (exact) mass is 289 g/mol. The zero-order valence-corrected chi connectivity index (χ0v) is 11.7. The van der Waals surface area contributed by atoms with Crippen LogP contribution in [0.1, 0.15) is 26.2 Å². The largest absolute Gasteiger partial charge is 0.380 e. The minimum absolute atomic E-state index is 0.245. The highest BCUT2D eigenvalue weighted by molar-refractivity contribution is 5.97. The summed E-state index contributed by atoms with van der Waals surface area (Å²) in [4.78, 5) is 14.6. The van der Waals surface area contributed by atoms with Crippen molar-refractivity contribution in [3.05, 3.63) is 40.3 Å². The van der Waals surface area contributed by atoms with Crippen molar-refractivity contribution in [2.75, 3.05) is 11.9 Å². The lowest BCUT2D eigenvalue weighted by atomic mass is 10.0. The van der Waals surface area contributed by atoms with Crippen LogP contribution in [-0.4, -0.2) is 16.5 Å². The molecule has 21 heavy (non-hydrogen) atoms. The van der Waals surface area contributed by atoms with Gasteiger partial charge in [-0.3, -0.25) is 15.1 Å². The Hall–Kier alpha value is -2.24. The summed E-state index contributed by atoms with van der Waals surface area (Å²) in [5.74, 6) is -0.625. The summed E-state index contributed by atoms with van der Waals surface area (Å²) in [7, 11) is 0. The third-order valence-electron chi connectivity index (χ3n) is 4.37. The Labute approximate surface area is 121 Å². The number of nitro benzene ring substituents is 1. The van der Waals surface area contributed by atoms with Crippen LogP contribution >= 0.6 is 0 Å². The Kier molecular flexibility index (Phi) is 3.23. The summed E-state index contributed by atoms with van der Waals surface area (Å²) in [6.45, 7) is 2.79. The highest BCUT2D eigenvalue weighted by Gasteiger charge is 2.40. The van der Waals surface area contributed by atoms with Crippen molar-refractivity contribution >= 4 is 22.3 Å². The van der Waals surface area contributed by atoms with Crippen LogP contribution in [0.25, 0.3) is 10.9 Å². The number of aromatic nitrogens is 1. The molecule has 1 N–H and O–H groups in total. The third kappa shape index (κ3) is 2.41. The molecule has 1 heterocycles. The number of rotatable bonds is 5. The molecule has 0 bridgehead atoms. The predicted molar refractivity (Wildman–Crippen MR) is 78.8 cm³/mol. The smallest absolute Gasteiger partial charge is 0.281 e. The average molecular weight is 289 g/mol. The van der Waals surface area contributed by atoms with E-state index in [4.69, 9.17) is 0 Å². The number of nitrogens with zero attached hydrogens (tertiary/aromatic N) is 2. The van der Waals surface area contributed by atoms with Crippen molar-refractivity contribution in [2.45, 2.75) is 26.2 Å². The van der Waals surface area contributed by atoms with Crippen molar-refractivity contribution in [1.29, 1.82) is 0 Å². The molecule has 0 amide bonds. The lowest BCUT2D eigenvalue weighted by molar-refractivity contribution is -0.383. The van der Waals surface area contributed by atoms with E-state index in [0.717, 1.165) is 25.3 Å². The van der Waals surface area contributed by atoms with E-state index in [0.29, 0.717) is 17.4 Å². The molecular formula is C15H16FN3O2. The van der Waals surface area contributed by atoms with Gasteiger partial charge >= 0.3 is 0 Å². The number of hydrogen-bond donors (Lipinski definition) is 1. The molecule has 0 aliphatic heterocycles. The summed E-state index contributed by atoms with van der Waals surface area (Å²) in [6, 6.07) is 4.18. The maximum absolute atomic E-state index is 14.2. The van der Waals surface area contributed by atoms with E-state index in [-0.39, 0.29) is 16.8 Å². The van der Waals surface area contributed by atoms with Gasteiger partial charge in [-0.05, 0) is 36.8 Å². The molecule has 5 nitrogen and oxygen atoms in total. The molecule has 0 spiro atoms. The molecule has 1 fully saturated rings. The molecule has 1 saturated carbocycles. The van der Waals surface area contributed by atoms with Crippen LogP contribution in [0.5, 0.6) is 0 Å². The normalized spacial score (nSPS) is 15.9. The van der Waals surface area contributed by atoms with Gasteiger partial charge < -0.3 is 5.32 Å². The second-order valence-corrected chi connectivity index (χ2v) is 5.62. The van der Waals surface area contributed by atoms with Crippen LogP contribution in [-0.2, 0) is 0 Å². The first kappa shape index (κ1) is 13.7. The van der Waals surface area contributed by atoms with E-state index in [1.54, 1.807) is 12.1 Å². The van der Waals surface area contributed by atoms with Crippen molar-refractivity contribution in [3.63, 3.8) is 0 Å². The number of anilines is 1. The van der Waals surface area contributed by atoms with E-state index < -0.39 is 10.7 Å². The summed E-state index contributed by atoms with van der Waals surface area (Å²) in [5.41, 5.74) is 0.569. The Morgan fingerprint density at radius 3 is 2.90 bits per heavy atom. The second-order valence-electron chi connectivity index (χ2n) is 5.62. The molecule has 2 aromatic rings. The van der Waals surface area contributed by atoms with Crippen molar-refractivity contribution in [3.8, 4) is 0 Å². The number of hydrogen-bond acceptors (Lipinski definition) is 4. The van der Waals surface area contributed by atoms with E-state index >= 15 is 0 Å². The Balaban J connectivity index is 2.04. The van der Waals surface area contributed by atoms with Crippen LogP contribution < -0.4 is 5.32 Å². The highest BCUT2D eigenvalue weighted by atomic mass is 19.1. The maximum atomic E-state index is 14.2. The van der Waals surface area contributed by atoms with E-state index in [1.807, 2.05) is 0 Å². The number of fused-ring (bicyclic) bond motifs is 1. The molecule has 0 saturated heterocycles. The van der Waals surface area contributed by atoms with Gasteiger partial charge in [-0.2, -0.15) is 0 Å². The summed E-state index contributed by atoms with van der Waals surface area (Å²) >= 11 is 0. The van der Waals surface area contributed by atoms with Crippen LogP contribution in [0.15, 0.2) is 24.4 Å². The van der Waals surface area contributed by atoms with Crippen molar-refractivity contribution in [2.24, 2.45) is 5.41 Å². The summed E-state index contributed by atoms with van der Waals surface area (Å²) < 4.78 is 14.2. The van der Waals surface area contributed by atoms with Crippen LogP contribution in [0.4, 0.5) is 15.8 Å². The third-order valence-corrected chi connectivity index (χ3v) is 4.37. The summed E-state index contributed by atoms with van der Waals surface area (Å²) in [5, 5.41) is 14.5. The second kappa shape index (κ2) is 4.95. The molecule has 1 aliphatic rings. The molecule has 6 heteroatoms. The van der Waals surface area contributed by atoms with Crippen LogP contribution in [0.2, 0.25) is 0 Å². The lowest BCUT2D eigenvalue weighted by Crippen LogP contribution is -2.15. The van der Waals surface area contributed by atoms with Gasteiger partial charge in [0.25, 0.3) is 5.69 Å². The van der Waals surface area contributed by atoms with Crippen molar-refractivity contribution in [1.82, 2.24) is 4.98 Å². The van der Waals surface area contributed by atoms with Crippen LogP contribution in [0.3, 0.4) is 0 Å². The molecule has 3 rings (SSSR count). The Bertz CT molecular complexity index is 713. The Morgan fingerprint density at radius 1 is 1.52 bits per heavy atom. The average Bonchev–Trinajstić information content (AvgIpc) is 3.26. The number of benzene rings is 1. The standard InChI is InChI=1S/C15H16FN3O2/c1-2-15(5-6-15)9-18-14-11(16)8-12(19(20)21)10-4-3-7-17-13(10)14/h3-4,7-8,18H,2,5-6,9H2,1H3. The van der Waals surface area contributed by atoms with E-state index in [1.165, 1.54) is 6.20 Å². The van der Waals surface area contributed by atoms with Gasteiger partial charge in [-0.1, -0.05) is 6.92 Å². The molecular weight excluding hydrogens is 273 g/mol. The quantitative estimate of drug-likeness (QED) is 0.670. The molecule has 1 aliphatic carbocycles. The molecule has 0 atom stereocenters. The molecule has 0 radical (unpaired) electrons. The van der Waals surface area contributed by atoms with Gasteiger partial charge in [-0.25, -0.2) is 4.39 Å². The zero-order chi connectivity index (χ0) is 15.0. The van der Waals surface area contributed by atoms with Gasteiger partial charge in [0.05, 0.1) is 22.1 Å². The zero-order valence-electron chi connectivity index (χ0n) is 11.7. The molecule has 1 aromatic carbocycles. The van der Waals surface area contributed by atoms with Crippen molar-refractivity contribution < 1.29 is 9.31 Å². The van der Waals surface area contributed by atoms with Gasteiger partial charge in [-0.15, -0.1) is 0 Å². The topological polar surface area (TPSA) is 68.1 Å². The van der Waals surface area contributed by atoms with Gasteiger partial charge in [0.1, 0.15) is 5.52 Å². The SMILES string of the molecule is CCC1(CNc2c(F)cc([N+](=O)[O-])c3cccnc23)CC1. The van der Waals surface area contributed by atoms with E-state index in [2.05, 4.69) is 17.2 Å². The molecule has 0 unspecified atom stereocenters. The highest BCUT2D eigenvalue weighted by Crippen LogP contribution is 2.48. The lowest BCUT2D eigenvalue weighted by Gasteiger charge is -2.16. The number of halogens is 1. The maximum Gasteiger partial charge on any atom is 0.281 e. The number of nitrogens with one attached hydrogen (secondary N) is 1. The number of non-ortho nitro benzene ring substituents is 1. The first-order chi connectivity index (χ1) is 10.1. The molecule has 110 valence electrons. The fraction of sp³-hybridized carbons (Fsp3) is 0.400. The minimum atomic E-state index is -0.625. The molecule has 1 aromatic heterocycles. The minimum Gasteiger partial charge on any atom is -0.380 e. The van der Waals surface area contributed by atoms with E-state index in [9.17, 15) is 14.5 Å². The first-order valence-corrected chi connectivity index (χ1v) is 7.02. The van der Waals surface area contributed by atoms with Gasteiger partial charge in [0.2, 0.25) is 0 Å². The fourth-order valence-corrected chi connectivity index (χ4v) is 2.62. The predicted octanol–water partition coefficient (Wildman–Crippen LogP) is 3.88. The van der Waals surface area contributed by atoms with Gasteiger partial charge in [0.15, 0.2) is 5.82 Å².